The van der Waals surface area contributed by atoms with Crippen LogP contribution in [0.15, 0.2) is 11.7 Å². The normalized spacial score (nSPS) is 10.9. The second-order valence-corrected chi connectivity index (χ2v) is 5.67. The second kappa shape index (κ2) is 7.09. The number of aromatic nitrogens is 5. The molecular formula is C12H18N6OS. The lowest BCUT2D eigenvalue weighted by molar-refractivity contribution is -0.121. The van der Waals surface area contributed by atoms with Crippen LogP contribution in [-0.4, -0.2) is 31.1 Å². The molecule has 0 bridgehead atoms. The zero-order valence-electron chi connectivity index (χ0n) is 11.6. The number of carbonyl (C=O) groups excluding carboxylic acids is 1. The molecule has 0 atom stereocenters. The summed E-state index contributed by atoms with van der Waals surface area (Å²) in [4.78, 5) is 16.2. The van der Waals surface area contributed by atoms with Crippen LogP contribution in [0.5, 0.6) is 0 Å². The average molecular weight is 294 g/mol. The maximum Gasteiger partial charge on any atom is 0.220 e. The number of rotatable bonds is 7. The van der Waals surface area contributed by atoms with Crippen LogP contribution >= 0.6 is 11.3 Å². The molecule has 0 radical (unpaired) electrons. The molecular weight excluding hydrogens is 276 g/mol. The van der Waals surface area contributed by atoms with Crippen molar-refractivity contribution in [3.05, 3.63) is 22.4 Å². The predicted molar refractivity (Wildman–Crippen MR) is 75.1 cm³/mol. The summed E-state index contributed by atoms with van der Waals surface area (Å²) in [6, 6.07) is 0. The number of aryl methyl sites for hydroxylation is 1. The number of amides is 1. The van der Waals surface area contributed by atoms with Crippen molar-refractivity contribution in [3.63, 3.8) is 0 Å². The first-order valence-electron chi connectivity index (χ1n) is 6.57. The number of carbonyl (C=O) groups is 1. The summed E-state index contributed by atoms with van der Waals surface area (Å²) >= 11 is 1.64. The van der Waals surface area contributed by atoms with Gasteiger partial charge in [-0.25, -0.2) is 9.67 Å². The fourth-order valence-corrected chi connectivity index (χ4v) is 2.47. The van der Waals surface area contributed by atoms with Gasteiger partial charge in [0, 0.05) is 24.3 Å². The zero-order chi connectivity index (χ0) is 14.4. The van der Waals surface area contributed by atoms with Gasteiger partial charge in [-0.15, -0.1) is 16.4 Å². The van der Waals surface area contributed by atoms with Crippen molar-refractivity contribution < 1.29 is 4.79 Å². The molecule has 20 heavy (non-hydrogen) atoms. The second-order valence-electron chi connectivity index (χ2n) is 4.78. The molecule has 2 aromatic heterocycles. The molecule has 7 nitrogen and oxygen atoms in total. The first-order valence-corrected chi connectivity index (χ1v) is 7.45. The van der Waals surface area contributed by atoms with Gasteiger partial charge in [-0.3, -0.25) is 4.79 Å². The highest BCUT2D eigenvalue weighted by molar-refractivity contribution is 7.09. The van der Waals surface area contributed by atoms with E-state index in [-0.39, 0.29) is 5.91 Å². The lowest BCUT2D eigenvalue weighted by Crippen LogP contribution is -2.23. The summed E-state index contributed by atoms with van der Waals surface area (Å²) in [6.07, 6.45) is 2.72. The molecule has 0 fully saturated rings. The number of hydrogen-bond donors (Lipinski definition) is 1. The van der Waals surface area contributed by atoms with Crippen molar-refractivity contribution in [2.45, 2.75) is 45.7 Å². The van der Waals surface area contributed by atoms with Gasteiger partial charge in [-0.2, -0.15) is 0 Å². The Morgan fingerprint density at radius 1 is 1.50 bits per heavy atom. The molecule has 0 aliphatic heterocycles. The monoisotopic (exact) mass is 294 g/mol. The van der Waals surface area contributed by atoms with Crippen molar-refractivity contribution in [2.75, 3.05) is 0 Å². The standard InChI is InChI=1S/C12H18N6OS/c1-9(2)12-15-10(7-20-12)6-13-11(19)4-3-5-18-8-14-16-17-18/h7-9H,3-6H2,1-2H3,(H,13,19). The fourth-order valence-electron chi connectivity index (χ4n) is 1.63. The fraction of sp³-hybridized carbons (Fsp3) is 0.583. The minimum atomic E-state index is 0.0252. The lowest BCUT2D eigenvalue weighted by Gasteiger charge is -2.03. The molecule has 2 rings (SSSR count). The van der Waals surface area contributed by atoms with E-state index in [0.717, 1.165) is 10.7 Å². The third kappa shape index (κ3) is 4.37. The molecule has 0 unspecified atom stereocenters. The van der Waals surface area contributed by atoms with E-state index >= 15 is 0 Å². The van der Waals surface area contributed by atoms with E-state index in [9.17, 15) is 4.79 Å². The number of nitrogens with one attached hydrogen (secondary N) is 1. The van der Waals surface area contributed by atoms with Crippen LogP contribution in [0.3, 0.4) is 0 Å². The average Bonchev–Trinajstić information content (AvgIpc) is 3.07. The predicted octanol–water partition coefficient (Wildman–Crippen LogP) is 1.35. The third-order valence-corrected chi connectivity index (χ3v) is 3.91. The van der Waals surface area contributed by atoms with E-state index in [1.807, 2.05) is 5.38 Å². The maximum absolute atomic E-state index is 11.7. The number of hydrogen-bond acceptors (Lipinski definition) is 6. The highest BCUT2D eigenvalue weighted by Crippen LogP contribution is 2.18. The van der Waals surface area contributed by atoms with E-state index in [1.54, 1.807) is 22.3 Å². The number of nitrogens with zero attached hydrogens (tertiary/aromatic N) is 5. The molecule has 108 valence electrons. The molecule has 8 heteroatoms. The molecule has 0 spiro atoms. The first kappa shape index (κ1) is 14.6. The Balaban J connectivity index is 1.66. The molecule has 0 saturated carbocycles. The van der Waals surface area contributed by atoms with E-state index in [2.05, 4.69) is 39.7 Å². The van der Waals surface area contributed by atoms with Gasteiger partial charge < -0.3 is 5.32 Å². The minimum absolute atomic E-state index is 0.0252. The molecule has 0 aromatic carbocycles. The van der Waals surface area contributed by atoms with Crippen LogP contribution in [0.4, 0.5) is 0 Å². The largest absolute Gasteiger partial charge is 0.350 e. The van der Waals surface area contributed by atoms with E-state index < -0.39 is 0 Å². The molecule has 0 aliphatic rings. The summed E-state index contributed by atoms with van der Waals surface area (Å²) in [5.74, 6) is 0.456. The maximum atomic E-state index is 11.7. The smallest absolute Gasteiger partial charge is 0.220 e. The van der Waals surface area contributed by atoms with Crippen molar-refractivity contribution in [1.29, 1.82) is 0 Å². The molecule has 1 N–H and O–H groups in total. The van der Waals surface area contributed by atoms with Crippen molar-refractivity contribution in [3.8, 4) is 0 Å². The van der Waals surface area contributed by atoms with Crippen LogP contribution in [0.25, 0.3) is 0 Å². The Labute approximate surface area is 121 Å². The Morgan fingerprint density at radius 2 is 2.35 bits per heavy atom. The van der Waals surface area contributed by atoms with Gasteiger partial charge in [-0.1, -0.05) is 13.8 Å². The summed E-state index contributed by atoms with van der Waals surface area (Å²) in [6.45, 7) is 5.36. The van der Waals surface area contributed by atoms with Gasteiger partial charge in [0.15, 0.2) is 0 Å². The van der Waals surface area contributed by atoms with Crippen molar-refractivity contribution >= 4 is 17.2 Å². The number of thiazole rings is 1. The topological polar surface area (TPSA) is 85.6 Å². The zero-order valence-corrected chi connectivity index (χ0v) is 12.4. The van der Waals surface area contributed by atoms with Crippen molar-refractivity contribution in [1.82, 2.24) is 30.5 Å². The highest BCUT2D eigenvalue weighted by Gasteiger charge is 2.07. The molecule has 2 aromatic rings. The van der Waals surface area contributed by atoms with Gasteiger partial charge in [0.1, 0.15) is 6.33 Å². The van der Waals surface area contributed by atoms with Crippen LogP contribution in [0.1, 0.15) is 43.3 Å². The number of tetrazole rings is 1. The van der Waals surface area contributed by atoms with Crippen molar-refractivity contribution in [2.24, 2.45) is 0 Å². The highest BCUT2D eigenvalue weighted by atomic mass is 32.1. The van der Waals surface area contributed by atoms with Gasteiger partial charge in [0.2, 0.25) is 5.91 Å². The first-order chi connectivity index (χ1) is 9.65. The van der Waals surface area contributed by atoms with E-state index in [0.29, 0.717) is 31.8 Å². The van der Waals surface area contributed by atoms with E-state index in [4.69, 9.17) is 0 Å². The summed E-state index contributed by atoms with van der Waals surface area (Å²) in [5, 5.41) is 16.8. The van der Waals surface area contributed by atoms with Crippen LogP contribution in [-0.2, 0) is 17.9 Å². The van der Waals surface area contributed by atoms with Gasteiger partial charge in [0.25, 0.3) is 0 Å². The lowest BCUT2D eigenvalue weighted by atomic mass is 10.2. The van der Waals surface area contributed by atoms with Crippen LogP contribution < -0.4 is 5.32 Å². The SMILES string of the molecule is CC(C)c1nc(CNC(=O)CCCn2cnnn2)cs1. The molecule has 2 heterocycles. The van der Waals surface area contributed by atoms with Crippen LogP contribution in [0.2, 0.25) is 0 Å². The Bertz CT molecular complexity index is 536. The van der Waals surface area contributed by atoms with Crippen LogP contribution in [0, 0.1) is 0 Å². The third-order valence-electron chi connectivity index (χ3n) is 2.71. The van der Waals surface area contributed by atoms with Gasteiger partial charge in [0.05, 0.1) is 17.2 Å². The molecule has 0 aliphatic carbocycles. The molecule has 1 amide bonds. The Morgan fingerprint density at radius 3 is 3.00 bits per heavy atom. The quantitative estimate of drug-likeness (QED) is 0.833. The summed E-state index contributed by atoms with van der Waals surface area (Å²) < 4.78 is 1.61. The summed E-state index contributed by atoms with van der Waals surface area (Å²) in [7, 11) is 0. The molecule has 0 saturated heterocycles. The van der Waals surface area contributed by atoms with Gasteiger partial charge >= 0.3 is 0 Å². The minimum Gasteiger partial charge on any atom is -0.350 e. The van der Waals surface area contributed by atoms with Gasteiger partial charge in [-0.05, 0) is 16.8 Å². The van der Waals surface area contributed by atoms with E-state index in [1.165, 1.54) is 0 Å². The Kier molecular flexibility index (Phi) is 5.16. The summed E-state index contributed by atoms with van der Waals surface area (Å²) in [5.41, 5.74) is 0.924. The Hall–Kier alpha value is -1.83.